The molecule has 4 aliphatic carbocycles. The monoisotopic (exact) mass is 471 g/mol. The van der Waals surface area contributed by atoms with E-state index in [1.165, 1.54) is 31.2 Å². The molecule has 1 heterocycles. The van der Waals surface area contributed by atoms with Crippen molar-refractivity contribution in [1.29, 1.82) is 0 Å². The number of aliphatic hydroxyl groups is 1. The lowest BCUT2D eigenvalue weighted by Crippen LogP contribution is -2.59. The highest BCUT2D eigenvalue weighted by Gasteiger charge is 2.54. The molecule has 0 aliphatic heterocycles. The van der Waals surface area contributed by atoms with Gasteiger partial charge in [-0.1, -0.05) is 12.1 Å². The first-order valence-corrected chi connectivity index (χ1v) is 13.3. The van der Waals surface area contributed by atoms with Gasteiger partial charge in [-0.3, -0.25) is 0 Å². The van der Waals surface area contributed by atoms with Crippen LogP contribution in [0, 0.1) is 24.7 Å². The Balaban J connectivity index is 1.31. The van der Waals surface area contributed by atoms with Crippen molar-refractivity contribution >= 4 is 27.5 Å². The fourth-order valence-electron chi connectivity index (χ4n) is 6.23. The Morgan fingerprint density at radius 3 is 2.58 bits per heavy atom. The van der Waals surface area contributed by atoms with Crippen LogP contribution in [0.25, 0.3) is 0 Å². The number of hydrogen-bond acceptors (Lipinski definition) is 7. The van der Waals surface area contributed by atoms with Gasteiger partial charge in [-0.05, 0) is 74.5 Å². The summed E-state index contributed by atoms with van der Waals surface area (Å²) in [5.74, 6) is 2.87. The minimum atomic E-state index is -3.34. The van der Waals surface area contributed by atoms with Crippen LogP contribution in [0.15, 0.2) is 30.5 Å². The Labute approximate surface area is 195 Å². The molecule has 4 fully saturated rings. The maximum atomic E-state index is 12.2. The van der Waals surface area contributed by atoms with Crippen molar-refractivity contribution in [3.8, 4) is 0 Å². The van der Waals surface area contributed by atoms with Gasteiger partial charge in [0, 0.05) is 37.6 Å². The number of aromatic nitrogens is 2. The highest BCUT2D eigenvalue weighted by Crippen LogP contribution is 2.56. The fraction of sp³-hybridized carbons (Fsp3) is 0.583. The van der Waals surface area contributed by atoms with Crippen LogP contribution in [-0.4, -0.2) is 53.5 Å². The van der Waals surface area contributed by atoms with E-state index in [0.29, 0.717) is 35.3 Å². The molecular weight excluding hydrogens is 438 g/mol. The van der Waals surface area contributed by atoms with Gasteiger partial charge in [0.25, 0.3) is 0 Å². The summed E-state index contributed by atoms with van der Waals surface area (Å²) >= 11 is 0. The van der Waals surface area contributed by atoms with Gasteiger partial charge >= 0.3 is 0 Å². The van der Waals surface area contributed by atoms with Crippen molar-refractivity contribution in [1.82, 2.24) is 14.3 Å². The normalized spacial score (nSPS) is 30.6. The molecule has 4 aliphatic rings. The maximum absolute atomic E-state index is 12.2. The summed E-state index contributed by atoms with van der Waals surface area (Å²) in [7, 11) is -0.261. The zero-order chi connectivity index (χ0) is 23.4. The topological polar surface area (TPSA) is 107 Å². The number of benzene rings is 1. The Kier molecular flexibility index (Phi) is 5.61. The van der Waals surface area contributed by atoms with Crippen molar-refractivity contribution in [2.75, 3.05) is 24.7 Å². The van der Waals surface area contributed by atoms with Crippen LogP contribution in [0.3, 0.4) is 0 Å². The second-order valence-electron chi connectivity index (χ2n) is 10.5. The molecule has 3 N–H and O–H groups in total. The number of rotatable bonds is 7. The molecular formula is C24H33N5O3S. The summed E-state index contributed by atoms with van der Waals surface area (Å²) in [6.45, 7) is 2.00. The largest absolute Gasteiger partial charge is 0.390 e. The second kappa shape index (κ2) is 8.21. The van der Waals surface area contributed by atoms with Crippen LogP contribution in [-0.2, 0) is 15.8 Å². The molecule has 178 valence electrons. The molecule has 2 atom stereocenters. The average Bonchev–Trinajstić information content (AvgIpc) is 2.71. The van der Waals surface area contributed by atoms with E-state index in [4.69, 9.17) is 4.98 Å². The van der Waals surface area contributed by atoms with E-state index in [-0.39, 0.29) is 5.75 Å². The second-order valence-corrected chi connectivity index (χ2v) is 12.6. The number of sulfonamides is 1. The maximum Gasteiger partial charge on any atom is 0.229 e. The number of hydrogen-bond donors (Lipinski definition) is 3. The summed E-state index contributed by atoms with van der Waals surface area (Å²) in [6.07, 6.45) is 6.93. The van der Waals surface area contributed by atoms with Crippen molar-refractivity contribution in [2.45, 2.75) is 56.4 Å². The lowest BCUT2D eigenvalue weighted by Gasteiger charge is -2.58. The van der Waals surface area contributed by atoms with Gasteiger partial charge in [-0.2, -0.15) is 4.98 Å². The van der Waals surface area contributed by atoms with Gasteiger partial charge in [0.15, 0.2) is 0 Å². The average molecular weight is 472 g/mol. The first-order valence-electron chi connectivity index (χ1n) is 11.7. The Morgan fingerprint density at radius 2 is 1.91 bits per heavy atom. The zero-order valence-electron chi connectivity index (χ0n) is 19.5. The molecule has 0 amide bonds. The Morgan fingerprint density at radius 1 is 1.18 bits per heavy atom. The first kappa shape index (κ1) is 22.6. The van der Waals surface area contributed by atoms with Crippen LogP contribution >= 0.6 is 0 Å². The molecule has 4 bridgehead atoms. The first-order chi connectivity index (χ1) is 15.6. The molecule has 6 rings (SSSR count). The molecule has 0 saturated heterocycles. The van der Waals surface area contributed by atoms with E-state index < -0.39 is 15.6 Å². The number of nitrogens with one attached hydrogen (secondary N) is 2. The van der Waals surface area contributed by atoms with E-state index in [0.717, 1.165) is 36.3 Å². The fourth-order valence-corrected chi connectivity index (χ4v) is 7.09. The predicted molar refractivity (Wildman–Crippen MR) is 129 cm³/mol. The standard InChI is InChI=1S/C24H33N5O3S/c1-15-13-25-23(26-20-6-4-5-16(9-20)14-33(31,32)29(2)3)28-22(15)27-21-18-7-17-8-19(21)12-24(30,10-17)11-18/h4-6,9,13,17-19,21,30H,7-8,10-12,14H2,1-3H3,(H2,25,26,27,28). The summed E-state index contributed by atoms with van der Waals surface area (Å²) in [5, 5.41) is 17.8. The van der Waals surface area contributed by atoms with Crippen LogP contribution in [0.4, 0.5) is 17.5 Å². The van der Waals surface area contributed by atoms with Crippen molar-refractivity contribution in [3.05, 3.63) is 41.6 Å². The van der Waals surface area contributed by atoms with E-state index >= 15 is 0 Å². The minimum Gasteiger partial charge on any atom is -0.390 e. The molecule has 0 spiro atoms. The summed E-state index contributed by atoms with van der Waals surface area (Å²) in [4.78, 5) is 9.18. The third-order valence-corrected chi connectivity index (χ3v) is 9.42. The van der Waals surface area contributed by atoms with Crippen molar-refractivity contribution in [2.24, 2.45) is 17.8 Å². The van der Waals surface area contributed by atoms with Gasteiger partial charge in [-0.15, -0.1) is 0 Å². The molecule has 2 aromatic rings. The zero-order valence-corrected chi connectivity index (χ0v) is 20.3. The van der Waals surface area contributed by atoms with E-state index in [1.54, 1.807) is 6.07 Å². The SMILES string of the molecule is Cc1cnc(Nc2cccc(CS(=O)(=O)N(C)C)c2)nc1NC1C2CC3CC1CC(O)(C3)C2. The smallest absolute Gasteiger partial charge is 0.229 e. The highest BCUT2D eigenvalue weighted by atomic mass is 32.2. The van der Waals surface area contributed by atoms with Gasteiger partial charge < -0.3 is 15.7 Å². The van der Waals surface area contributed by atoms with Crippen LogP contribution in [0.1, 0.15) is 43.2 Å². The quantitative estimate of drug-likeness (QED) is 0.569. The predicted octanol–water partition coefficient (Wildman–Crippen LogP) is 3.27. The number of nitrogens with zero attached hydrogens (tertiary/aromatic N) is 3. The Bertz CT molecular complexity index is 1140. The summed E-state index contributed by atoms with van der Waals surface area (Å²) in [5.41, 5.74) is 1.98. The van der Waals surface area contributed by atoms with Crippen molar-refractivity contribution < 1.29 is 13.5 Å². The number of anilines is 3. The van der Waals surface area contributed by atoms with Crippen LogP contribution in [0.2, 0.25) is 0 Å². The Hall–Kier alpha value is -2.23. The van der Waals surface area contributed by atoms with E-state index in [1.807, 2.05) is 31.3 Å². The third kappa shape index (κ3) is 4.58. The van der Waals surface area contributed by atoms with Gasteiger partial charge in [0.2, 0.25) is 16.0 Å². The minimum absolute atomic E-state index is 0.0606. The lowest BCUT2D eigenvalue weighted by atomic mass is 9.52. The van der Waals surface area contributed by atoms with Crippen LogP contribution < -0.4 is 10.6 Å². The van der Waals surface area contributed by atoms with E-state index in [9.17, 15) is 13.5 Å². The molecule has 2 unspecified atom stereocenters. The molecule has 4 saturated carbocycles. The highest BCUT2D eigenvalue weighted by molar-refractivity contribution is 7.88. The third-order valence-electron chi connectivity index (χ3n) is 7.60. The van der Waals surface area contributed by atoms with Gasteiger partial charge in [-0.25, -0.2) is 17.7 Å². The van der Waals surface area contributed by atoms with Crippen molar-refractivity contribution in [3.63, 3.8) is 0 Å². The molecule has 8 nitrogen and oxygen atoms in total. The van der Waals surface area contributed by atoms with Gasteiger partial charge in [0.05, 0.1) is 11.4 Å². The van der Waals surface area contributed by atoms with Gasteiger partial charge in [0.1, 0.15) is 5.82 Å². The molecule has 9 heteroatoms. The molecule has 0 radical (unpaired) electrons. The summed E-state index contributed by atoms with van der Waals surface area (Å²) < 4.78 is 25.7. The molecule has 33 heavy (non-hydrogen) atoms. The molecule has 1 aromatic heterocycles. The number of aryl methyl sites for hydroxylation is 1. The van der Waals surface area contributed by atoms with E-state index in [2.05, 4.69) is 15.6 Å². The lowest BCUT2D eigenvalue weighted by molar-refractivity contribution is -0.129. The molecule has 1 aromatic carbocycles. The van der Waals surface area contributed by atoms with Crippen LogP contribution in [0.5, 0.6) is 0 Å². The summed E-state index contributed by atoms with van der Waals surface area (Å²) in [6, 6.07) is 7.66.